The molecule has 2 heteroatoms. The SMILES string of the molecule is C=C(C=C(Br)Br)CC/C(=C\C)CC. The van der Waals surface area contributed by atoms with Crippen molar-refractivity contribution < 1.29 is 0 Å². The quantitative estimate of drug-likeness (QED) is 0.477. The van der Waals surface area contributed by atoms with E-state index in [0.717, 1.165) is 28.2 Å². The lowest BCUT2D eigenvalue weighted by atomic mass is 10.0. The summed E-state index contributed by atoms with van der Waals surface area (Å²) in [5.74, 6) is 0. The van der Waals surface area contributed by atoms with Gasteiger partial charge in [-0.05, 0) is 64.1 Å². The Morgan fingerprint density at radius 3 is 2.31 bits per heavy atom. The van der Waals surface area contributed by atoms with Crippen molar-refractivity contribution in [3.8, 4) is 0 Å². The molecule has 0 saturated heterocycles. The highest BCUT2D eigenvalue weighted by Gasteiger charge is 1.95. The molecule has 0 unspecified atom stereocenters. The van der Waals surface area contributed by atoms with Crippen LogP contribution in [-0.4, -0.2) is 0 Å². The predicted molar refractivity (Wildman–Crippen MR) is 68.4 cm³/mol. The van der Waals surface area contributed by atoms with Crippen LogP contribution in [0.3, 0.4) is 0 Å². The fourth-order valence-electron chi connectivity index (χ4n) is 1.07. The van der Waals surface area contributed by atoms with Gasteiger partial charge >= 0.3 is 0 Å². The van der Waals surface area contributed by atoms with Gasteiger partial charge in [-0.15, -0.1) is 0 Å². The zero-order valence-electron chi connectivity index (χ0n) is 8.24. The minimum Gasteiger partial charge on any atom is -0.0958 e. The third-order valence-corrected chi connectivity index (χ3v) is 2.40. The Balaban J connectivity index is 3.90. The van der Waals surface area contributed by atoms with Gasteiger partial charge < -0.3 is 0 Å². The Morgan fingerprint density at radius 2 is 1.92 bits per heavy atom. The van der Waals surface area contributed by atoms with Crippen molar-refractivity contribution >= 4 is 31.9 Å². The minimum atomic E-state index is 0.962. The largest absolute Gasteiger partial charge is 0.0958 e. The van der Waals surface area contributed by atoms with Crippen molar-refractivity contribution in [1.29, 1.82) is 0 Å². The molecular formula is C11H16Br2. The number of hydrogen-bond donors (Lipinski definition) is 0. The highest BCUT2D eigenvalue weighted by Crippen LogP contribution is 2.19. The standard InChI is InChI=1S/C11H16Br2/c1-4-10(5-2)7-6-9(3)8-11(12)13/h4,8H,3,5-7H2,1-2H3/b10-4-. The fourth-order valence-corrected chi connectivity index (χ4v) is 1.72. The second-order valence-corrected chi connectivity index (χ2v) is 5.67. The number of allylic oxidation sites excluding steroid dienone is 4. The van der Waals surface area contributed by atoms with Crippen molar-refractivity contribution in [3.63, 3.8) is 0 Å². The molecule has 13 heavy (non-hydrogen) atoms. The fraction of sp³-hybridized carbons (Fsp3) is 0.455. The van der Waals surface area contributed by atoms with E-state index < -0.39 is 0 Å². The van der Waals surface area contributed by atoms with Crippen molar-refractivity contribution in [1.82, 2.24) is 0 Å². The summed E-state index contributed by atoms with van der Waals surface area (Å²) in [6, 6.07) is 0. The molecule has 0 amide bonds. The highest BCUT2D eigenvalue weighted by molar-refractivity contribution is 9.28. The van der Waals surface area contributed by atoms with E-state index in [9.17, 15) is 0 Å². The Labute approximate surface area is 98.1 Å². The summed E-state index contributed by atoms with van der Waals surface area (Å²) in [4.78, 5) is 0. The van der Waals surface area contributed by atoms with Crippen LogP contribution in [0.1, 0.15) is 33.1 Å². The normalized spacial score (nSPS) is 11.2. The minimum absolute atomic E-state index is 0.962. The van der Waals surface area contributed by atoms with Crippen molar-refractivity contribution in [3.05, 3.63) is 33.3 Å². The van der Waals surface area contributed by atoms with Gasteiger partial charge in [0.25, 0.3) is 0 Å². The number of halogens is 2. The molecule has 0 radical (unpaired) electrons. The maximum absolute atomic E-state index is 3.97. The molecule has 0 nitrogen and oxygen atoms in total. The van der Waals surface area contributed by atoms with E-state index in [2.05, 4.69) is 58.4 Å². The second kappa shape index (κ2) is 7.57. The topological polar surface area (TPSA) is 0 Å². The Kier molecular flexibility index (Phi) is 7.68. The van der Waals surface area contributed by atoms with E-state index in [0.29, 0.717) is 0 Å². The molecule has 0 spiro atoms. The van der Waals surface area contributed by atoms with Crippen LogP contribution in [-0.2, 0) is 0 Å². The predicted octanol–water partition coefficient (Wildman–Crippen LogP) is 5.31. The molecule has 0 bridgehead atoms. The average molecular weight is 308 g/mol. The Hall–Kier alpha value is 0.180. The third-order valence-electron chi connectivity index (χ3n) is 1.94. The first-order valence-corrected chi connectivity index (χ1v) is 6.03. The van der Waals surface area contributed by atoms with Crippen LogP contribution < -0.4 is 0 Å². The van der Waals surface area contributed by atoms with Gasteiger partial charge in [-0.2, -0.15) is 0 Å². The molecule has 0 rings (SSSR count). The average Bonchev–Trinajstić information content (AvgIpc) is 2.05. The molecule has 0 aliphatic heterocycles. The Morgan fingerprint density at radius 1 is 1.31 bits per heavy atom. The lowest BCUT2D eigenvalue weighted by molar-refractivity contribution is 0.887. The summed E-state index contributed by atoms with van der Waals surface area (Å²) in [7, 11) is 0. The molecular weight excluding hydrogens is 292 g/mol. The molecule has 0 fully saturated rings. The monoisotopic (exact) mass is 306 g/mol. The van der Waals surface area contributed by atoms with E-state index in [4.69, 9.17) is 0 Å². The first-order valence-electron chi connectivity index (χ1n) is 4.44. The van der Waals surface area contributed by atoms with Gasteiger partial charge in [-0.25, -0.2) is 0 Å². The third kappa shape index (κ3) is 7.27. The summed E-state index contributed by atoms with van der Waals surface area (Å²) in [6.45, 7) is 8.26. The van der Waals surface area contributed by atoms with Gasteiger partial charge in [0.15, 0.2) is 0 Å². The second-order valence-electron chi connectivity index (χ2n) is 2.89. The van der Waals surface area contributed by atoms with Crippen LogP contribution in [0.15, 0.2) is 33.3 Å². The van der Waals surface area contributed by atoms with Crippen LogP contribution in [0, 0.1) is 0 Å². The first kappa shape index (κ1) is 13.2. The van der Waals surface area contributed by atoms with E-state index in [-0.39, 0.29) is 0 Å². The summed E-state index contributed by atoms with van der Waals surface area (Å²) < 4.78 is 0.962. The highest BCUT2D eigenvalue weighted by atomic mass is 79.9. The summed E-state index contributed by atoms with van der Waals surface area (Å²) in [6.07, 6.45) is 7.50. The zero-order chi connectivity index (χ0) is 10.3. The molecule has 0 atom stereocenters. The van der Waals surface area contributed by atoms with Crippen LogP contribution in [0.5, 0.6) is 0 Å². The summed E-state index contributed by atoms with van der Waals surface area (Å²) in [5, 5.41) is 0. The molecule has 74 valence electrons. The van der Waals surface area contributed by atoms with Crippen LogP contribution in [0.4, 0.5) is 0 Å². The van der Waals surface area contributed by atoms with Crippen LogP contribution >= 0.6 is 31.9 Å². The van der Waals surface area contributed by atoms with Crippen molar-refractivity contribution in [2.24, 2.45) is 0 Å². The number of rotatable bonds is 5. The van der Waals surface area contributed by atoms with E-state index in [1.165, 1.54) is 5.57 Å². The molecule has 0 N–H and O–H groups in total. The molecule has 0 aromatic rings. The van der Waals surface area contributed by atoms with Gasteiger partial charge in [0, 0.05) is 0 Å². The molecule has 0 saturated carbocycles. The van der Waals surface area contributed by atoms with Gasteiger partial charge in [0.05, 0.1) is 3.39 Å². The zero-order valence-corrected chi connectivity index (χ0v) is 11.4. The summed E-state index contributed by atoms with van der Waals surface area (Å²) >= 11 is 6.64. The van der Waals surface area contributed by atoms with Gasteiger partial charge in [0.2, 0.25) is 0 Å². The maximum Gasteiger partial charge on any atom is 0.0606 e. The summed E-state index contributed by atoms with van der Waals surface area (Å²) in [5.41, 5.74) is 2.65. The van der Waals surface area contributed by atoms with E-state index in [1.807, 2.05) is 6.08 Å². The van der Waals surface area contributed by atoms with Crippen LogP contribution in [0.2, 0.25) is 0 Å². The first-order chi connectivity index (χ1) is 6.10. The molecule has 0 aliphatic rings. The number of hydrogen-bond acceptors (Lipinski definition) is 0. The van der Waals surface area contributed by atoms with Crippen molar-refractivity contribution in [2.75, 3.05) is 0 Å². The molecule has 0 aromatic heterocycles. The lowest BCUT2D eigenvalue weighted by Gasteiger charge is -2.03. The molecule has 0 aromatic carbocycles. The molecule has 0 aliphatic carbocycles. The van der Waals surface area contributed by atoms with E-state index >= 15 is 0 Å². The van der Waals surface area contributed by atoms with Gasteiger partial charge in [0.1, 0.15) is 0 Å². The molecule has 0 heterocycles. The van der Waals surface area contributed by atoms with E-state index in [1.54, 1.807) is 0 Å². The Bertz CT molecular complexity index is 220. The smallest absolute Gasteiger partial charge is 0.0606 e. The van der Waals surface area contributed by atoms with Crippen molar-refractivity contribution in [2.45, 2.75) is 33.1 Å². The van der Waals surface area contributed by atoms with Gasteiger partial charge in [-0.1, -0.05) is 30.7 Å². The lowest BCUT2D eigenvalue weighted by Crippen LogP contribution is -1.83. The van der Waals surface area contributed by atoms with Gasteiger partial charge in [-0.3, -0.25) is 0 Å². The maximum atomic E-state index is 3.97. The van der Waals surface area contributed by atoms with Crippen LogP contribution in [0.25, 0.3) is 0 Å².